The van der Waals surface area contributed by atoms with Crippen LogP contribution in [-0.2, 0) is 9.53 Å². The summed E-state index contributed by atoms with van der Waals surface area (Å²) < 4.78 is 18.5. The maximum atomic E-state index is 13.4. The van der Waals surface area contributed by atoms with E-state index < -0.39 is 23.8 Å². The lowest BCUT2D eigenvalue weighted by Crippen LogP contribution is -2.48. The molecule has 0 bridgehead atoms. The van der Waals surface area contributed by atoms with Gasteiger partial charge in [-0.05, 0) is 28.1 Å². The molecular formula is C12H11BrFNO4. The van der Waals surface area contributed by atoms with Crippen molar-refractivity contribution in [3.8, 4) is 0 Å². The first-order chi connectivity index (χ1) is 9.00. The van der Waals surface area contributed by atoms with Crippen LogP contribution in [0.4, 0.5) is 4.39 Å². The highest BCUT2D eigenvalue weighted by atomic mass is 79.9. The summed E-state index contributed by atoms with van der Waals surface area (Å²) in [7, 11) is 0. The lowest BCUT2D eigenvalue weighted by atomic mass is 10.1. The summed E-state index contributed by atoms with van der Waals surface area (Å²) in [5.74, 6) is -2.06. The van der Waals surface area contributed by atoms with Gasteiger partial charge in [0.15, 0.2) is 6.10 Å². The fraction of sp³-hybridized carbons (Fsp3) is 0.333. The molecule has 0 spiro atoms. The normalized spacial score (nSPS) is 19.3. The zero-order valence-electron chi connectivity index (χ0n) is 9.81. The van der Waals surface area contributed by atoms with E-state index in [0.29, 0.717) is 0 Å². The maximum Gasteiger partial charge on any atom is 0.334 e. The third-order valence-electron chi connectivity index (χ3n) is 2.81. The predicted octanol–water partition coefficient (Wildman–Crippen LogP) is 1.51. The number of nitrogens with zero attached hydrogens (tertiary/aromatic N) is 1. The van der Waals surface area contributed by atoms with Gasteiger partial charge in [-0.15, -0.1) is 0 Å². The van der Waals surface area contributed by atoms with Crippen LogP contribution < -0.4 is 0 Å². The molecule has 2 rings (SSSR count). The van der Waals surface area contributed by atoms with E-state index in [1.807, 2.05) is 0 Å². The Morgan fingerprint density at radius 3 is 2.89 bits per heavy atom. The van der Waals surface area contributed by atoms with E-state index in [4.69, 9.17) is 9.84 Å². The van der Waals surface area contributed by atoms with Crippen LogP contribution in [0.5, 0.6) is 0 Å². The van der Waals surface area contributed by atoms with Crippen LogP contribution in [0, 0.1) is 5.82 Å². The minimum atomic E-state index is -1.11. The number of benzene rings is 1. The molecule has 1 N–H and O–H groups in total. The Bertz CT molecular complexity index is 522. The van der Waals surface area contributed by atoms with Gasteiger partial charge in [0, 0.05) is 6.54 Å². The SMILES string of the molecule is O=C(O)C1CN(C(=O)c2cccc(F)c2Br)CCO1. The van der Waals surface area contributed by atoms with E-state index in [1.54, 1.807) is 0 Å². The summed E-state index contributed by atoms with van der Waals surface area (Å²) in [6, 6.07) is 4.16. The summed E-state index contributed by atoms with van der Waals surface area (Å²) in [4.78, 5) is 24.4. The van der Waals surface area contributed by atoms with Crippen LogP contribution in [0.1, 0.15) is 10.4 Å². The van der Waals surface area contributed by atoms with Crippen LogP contribution in [0.2, 0.25) is 0 Å². The van der Waals surface area contributed by atoms with E-state index in [1.165, 1.54) is 23.1 Å². The van der Waals surface area contributed by atoms with Crippen molar-refractivity contribution in [3.63, 3.8) is 0 Å². The third kappa shape index (κ3) is 2.93. The van der Waals surface area contributed by atoms with Gasteiger partial charge in [-0.1, -0.05) is 6.07 Å². The predicted molar refractivity (Wildman–Crippen MR) is 67.4 cm³/mol. The number of hydrogen-bond donors (Lipinski definition) is 1. The molecule has 1 aliphatic heterocycles. The van der Waals surface area contributed by atoms with Gasteiger partial charge in [0.05, 0.1) is 23.2 Å². The number of rotatable bonds is 2. The fourth-order valence-electron chi connectivity index (χ4n) is 1.82. The van der Waals surface area contributed by atoms with Gasteiger partial charge in [-0.3, -0.25) is 4.79 Å². The quantitative estimate of drug-likeness (QED) is 0.892. The van der Waals surface area contributed by atoms with Crippen molar-refractivity contribution < 1.29 is 23.8 Å². The average molecular weight is 332 g/mol. The number of morpholine rings is 1. The minimum Gasteiger partial charge on any atom is -0.479 e. The van der Waals surface area contributed by atoms with Crippen molar-refractivity contribution in [3.05, 3.63) is 34.1 Å². The van der Waals surface area contributed by atoms with Crippen LogP contribution in [0.25, 0.3) is 0 Å². The fourth-order valence-corrected chi connectivity index (χ4v) is 2.26. The molecule has 1 heterocycles. The Kier molecular flexibility index (Phi) is 4.16. The van der Waals surface area contributed by atoms with Crippen molar-refractivity contribution in [1.29, 1.82) is 0 Å². The molecule has 5 nitrogen and oxygen atoms in total. The van der Waals surface area contributed by atoms with Gasteiger partial charge in [-0.2, -0.15) is 0 Å². The zero-order chi connectivity index (χ0) is 14.0. The molecule has 0 aliphatic carbocycles. The summed E-state index contributed by atoms with van der Waals surface area (Å²) in [6.45, 7) is 0.387. The van der Waals surface area contributed by atoms with Crippen molar-refractivity contribution in [2.75, 3.05) is 19.7 Å². The average Bonchev–Trinajstić information content (AvgIpc) is 2.41. The van der Waals surface area contributed by atoms with Crippen molar-refractivity contribution in [2.24, 2.45) is 0 Å². The highest BCUT2D eigenvalue weighted by Crippen LogP contribution is 2.22. The molecule has 0 aromatic heterocycles. The number of carbonyl (C=O) groups excluding carboxylic acids is 1. The van der Waals surface area contributed by atoms with Gasteiger partial charge >= 0.3 is 5.97 Å². The molecule has 1 aromatic rings. The molecular weight excluding hydrogens is 321 g/mol. The van der Waals surface area contributed by atoms with E-state index in [2.05, 4.69) is 15.9 Å². The van der Waals surface area contributed by atoms with Gasteiger partial charge < -0.3 is 14.7 Å². The second-order valence-electron chi connectivity index (χ2n) is 4.05. The van der Waals surface area contributed by atoms with Gasteiger partial charge in [0.1, 0.15) is 5.82 Å². The van der Waals surface area contributed by atoms with E-state index in [0.717, 1.165) is 0 Å². The summed E-state index contributed by atoms with van der Waals surface area (Å²) in [5, 5.41) is 8.87. The molecule has 1 atom stereocenters. The number of aliphatic carboxylic acids is 1. The molecule has 0 radical (unpaired) electrons. The first-order valence-electron chi connectivity index (χ1n) is 5.58. The zero-order valence-corrected chi connectivity index (χ0v) is 11.4. The van der Waals surface area contributed by atoms with Gasteiger partial charge in [-0.25, -0.2) is 9.18 Å². The second-order valence-corrected chi connectivity index (χ2v) is 4.84. The number of carboxylic acids is 1. The van der Waals surface area contributed by atoms with Gasteiger partial charge in [0.25, 0.3) is 5.91 Å². The Labute approximate surface area is 117 Å². The smallest absolute Gasteiger partial charge is 0.334 e. The van der Waals surface area contributed by atoms with Crippen LogP contribution in [0.15, 0.2) is 22.7 Å². The van der Waals surface area contributed by atoms with Crippen LogP contribution >= 0.6 is 15.9 Å². The third-order valence-corrected chi connectivity index (χ3v) is 3.62. The Morgan fingerprint density at radius 2 is 2.21 bits per heavy atom. The van der Waals surface area contributed by atoms with E-state index in [9.17, 15) is 14.0 Å². The molecule has 19 heavy (non-hydrogen) atoms. The van der Waals surface area contributed by atoms with E-state index >= 15 is 0 Å². The summed E-state index contributed by atoms with van der Waals surface area (Å²) in [6.07, 6.45) is -1.04. The van der Waals surface area contributed by atoms with E-state index in [-0.39, 0.29) is 29.7 Å². The minimum absolute atomic E-state index is 0.0445. The molecule has 1 fully saturated rings. The van der Waals surface area contributed by atoms with Crippen molar-refractivity contribution >= 4 is 27.8 Å². The number of amides is 1. The molecule has 1 amide bonds. The molecule has 1 saturated heterocycles. The number of hydrogen-bond acceptors (Lipinski definition) is 3. The molecule has 0 saturated carbocycles. The van der Waals surface area contributed by atoms with Crippen molar-refractivity contribution in [2.45, 2.75) is 6.10 Å². The molecule has 1 unspecified atom stereocenters. The molecule has 1 aliphatic rings. The molecule has 7 heteroatoms. The first kappa shape index (κ1) is 14.0. The lowest BCUT2D eigenvalue weighted by Gasteiger charge is -2.31. The number of ether oxygens (including phenoxy) is 1. The number of halogens is 2. The molecule has 102 valence electrons. The Hall–Kier alpha value is -1.47. The van der Waals surface area contributed by atoms with Crippen LogP contribution in [0.3, 0.4) is 0 Å². The standard InChI is InChI=1S/C12H11BrFNO4/c13-10-7(2-1-3-8(10)14)11(16)15-4-5-19-9(6-15)12(17)18/h1-3,9H,4-6H2,(H,17,18). The maximum absolute atomic E-state index is 13.4. The largest absolute Gasteiger partial charge is 0.479 e. The number of carbonyl (C=O) groups is 2. The van der Waals surface area contributed by atoms with Gasteiger partial charge in [0.2, 0.25) is 0 Å². The Balaban J connectivity index is 2.19. The molecule has 1 aromatic carbocycles. The topological polar surface area (TPSA) is 66.8 Å². The Morgan fingerprint density at radius 1 is 1.47 bits per heavy atom. The summed E-state index contributed by atoms with van der Waals surface area (Å²) in [5.41, 5.74) is 0.172. The lowest BCUT2D eigenvalue weighted by molar-refractivity contribution is -0.154. The van der Waals surface area contributed by atoms with Crippen molar-refractivity contribution in [1.82, 2.24) is 4.90 Å². The van der Waals surface area contributed by atoms with Crippen LogP contribution in [-0.4, -0.2) is 47.7 Å². The monoisotopic (exact) mass is 331 g/mol. The highest BCUT2D eigenvalue weighted by Gasteiger charge is 2.30. The second kappa shape index (κ2) is 5.66. The first-order valence-corrected chi connectivity index (χ1v) is 6.37. The highest BCUT2D eigenvalue weighted by molar-refractivity contribution is 9.10. The number of carboxylic acid groups (broad SMARTS) is 1. The summed E-state index contributed by atoms with van der Waals surface area (Å²) >= 11 is 3.02.